The van der Waals surface area contributed by atoms with Crippen LogP contribution < -0.4 is 20.5 Å². The number of hydrogen-bond acceptors (Lipinski definition) is 6. The molecule has 24 heavy (non-hydrogen) atoms. The molecular weight excluding hydrogens is 376 g/mol. The Kier molecular flexibility index (Phi) is 3.38. The van der Waals surface area contributed by atoms with Gasteiger partial charge < -0.3 is 20.5 Å². The number of fused-ring (bicyclic) bond motifs is 2. The van der Waals surface area contributed by atoms with Crippen molar-refractivity contribution in [2.24, 2.45) is 0 Å². The Labute approximate surface area is 146 Å². The number of nitrogens with zero attached hydrogens (tertiary/aromatic N) is 2. The van der Waals surface area contributed by atoms with Gasteiger partial charge in [0, 0.05) is 17.8 Å². The van der Waals surface area contributed by atoms with Crippen molar-refractivity contribution in [2.45, 2.75) is 32.6 Å². The highest BCUT2D eigenvalue weighted by Crippen LogP contribution is 2.42. The van der Waals surface area contributed by atoms with Crippen molar-refractivity contribution in [1.29, 1.82) is 0 Å². The van der Waals surface area contributed by atoms with Crippen molar-refractivity contribution in [1.82, 2.24) is 15.3 Å². The first-order valence-electron chi connectivity index (χ1n) is 7.53. The summed E-state index contributed by atoms with van der Waals surface area (Å²) < 4.78 is 12.0. The number of aryl methyl sites for hydroxylation is 1. The molecule has 0 aliphatic carbocycles. The number of aromatic nitrogens is 2. The van der Waals surface area contributed by atoms with Gasteiger partial charge in [0.2, 0.25) is 12.2 Å². The molecule has 0 spiro atoms. The summed E-state index contributed by atoms with van der Waals surface area (Å²) in [7, 11) is 0. The second-order valence-electron chi connectivity index (χ2n) is 5.84. The van der Waals surface area contributed by atoms with Crippen LogP contribution in [0.15, 0.2) is 16.6 Å². The summed E-state index contributed by atoms with van der Waals surface area (Å²) in [6.07, 6.45) is 0.210. The Bertz CT molecular complexity index is 871. The first kappa shape index (κ1) is 15.2. The van der Waals surface area contributed by atoms with E-state index in [0.29, 0.717) is 34.9 Å². The van der Waals surface area contributed by atoms with Gasteiger partial charge >= 0.3 is 0 Å². The van der Waals surface area contributed by atoms with Gasteiger partial charge in [0.05, 0.1) is 23.0 Å². The molecule has 7 nitrogen and oxygen atoms in total. The highest BCUT2D eigenvalue weighted by molar-refractivity contribution is 9.10. The molecule has 2 atom stereocenters. The van der Waals surface area contributed by atoms with Crippen molar-refractivity contribution in [3.8, 4) is 11.5 Å². The minimum absolute atomic E-state index is 0.179. The average Bonchev–Trinajstić information content (AvgIpc) is 2.84. The van der Waals surface area contributed by atoms with Gasteiger partial charge in [0.1, 0.15) is 0 Å². The van der Waals surface area contributed by atoms with Crippen molar-refractivity contribution in [3.05, 3.63) is 39.1 Å². The second-order valence-corrected chi connectivity index (χ2v) is 6.70. The number of rotatable bonds is 1. The van der Waals surface area contributed by atoms with E-state index in [1.807, 2.05) is 19.1 Å². The monoisotopic (exact) mass is 390 g/mol. The normalized spacial score (nSPS) is 21.4. The Morgan fingerprint density at radius 3 is 2.75 bits per heavy atom. The van der Waals surface area contributed by atoms with E-state index in [9.17, 15) is 4.79 Å². The molecule has 0 bridgehead atoms. The quantitative estimate of drug-likeness (QED) is 0.774. The van der Waals surface area contributed by atoms with E-state index < -0.39 is 0 Å². The van der Waals surface area contributed by atoms with Gasteiger partial charge in [-0.05, 0) is 24.6 Å². The summed E-state index contributed by atoms with van der Waals surface area (Å²) in [5.41, 5.74) is 8.39. The molecule has 0 radical (unpaired) electrons. The molecule has 0 fully saturated rings. The fourth-order valence-corrected chi connectivity index (χ4v) is 3.74. The number of carbonyl (C=O) groups excluding carboxylic acids is 1. The molecule has 2 aliphatic heterocycles. The first-order valence-corrected chi connectivity index (χ1v) is 8.32. The van der Waals surface area contributed by atoms with E-state index in [0.717, 1.165) is 10.0 Å². The smallest absolute Gasteiger partial charge is 0.255 e. The van der Waals surface area contributed by atoms with E-state index in [4.69, 9.17) is 15.2 Å². The maximum atomic E-state index is 12.5. The lowest BCUT2D eigenvalue weighted by Gasteiger charge is -2.27. The molecule has 0 saturated carbocycles. The molecular formula is C16H15BrN4O3. The summed E-state index contributed by atoms with van der Waals surface area (Å²) in [5.74, 6) is 1.33. The zero-order chi connectivity index (χ0) is 17.0. The number of benzene rings is 1. The summed E-state index contributed by atoms with van der Waals surface area (Å²) in [4.78, 5) is 20.8. The molecule has 0 saturated heterocycles. The van der Waals surface area contributed by atoms with Gasteiger partial charge in [-0.2, -0.15) is 0 Å². The third kappa shape index (κ3) is 2.37. The number of nitrogen functional groups attached to an aromatic ring is 1. The number of anilines is 1. The van der Waals surface area contributed by atoms with Crippen LogP contribution in [0, 0.1) is 6.92 Å². The standard InChI is InChI=1S/C16H15BrN4O3/c1-6-14-11(21-16(18)19-6)5-10(20-15(14)22)8-3-12-13(4-9(8)17)24-7(2)23-12/h3-4,7,10H,5H2,1-2H3,(H,20,22)(H2,18,19,21)/t7?,10-/m1/s1. The zero-order valence-corrected chi connectivity index (χ0v) is 14.7. The number of nitrogens with one attached hydrogen (secondary N) is 1. The van der Waals surface area contributed by atoms with E-state index in [-0.39, 0.29) is 24.2 Å². The molecule has 2 aromatic rings. The minimum atomic E-state index is -0.320. The number of hydrogen-bond donors (Lipinski definition) is 2. The first-order chi connectivity index (χ1) is 11.4. The molecule has 3 N–H and O–H groups in total. The van der Waals surface area contributed by atoms with Gasteiger partial charge in [0.15, 0.2) is 11.5 Å². The molecule has 1 unspecified atom stereocenters. The molecule has 4 rings (SSSR count). The van der Waals surface area contributed by atoms with Crippen molar-refractivity contribution in [2.75, 3.05) is 5.73 Å². The Morgan fingerprint density at radius 2 is 2.00 bits per heavy atom. The molecule has 8 heteroatoms. The highest BCUT2D eigenvalue weighted by atomic mass is 79.9. The van der Waals surface area contributed by atoms with Gasteiger partial charge in [-0.3, -0.25) is 4.79 Å². The molecule has 124 valence electrons. The lowest BCUT2D eigenvalue weighted by Crippen LogP contribution is -2.37. The summed E-state index contributed by atoms with van der Waals surface area (Å²) >= 11 is 3.55. The van der Waals surface area contributed by atoms with E-state index >= 15 is 0 Å². The Balaban J connectivity index is 1.74. The van der Waals surface area contributed by atoms with Crippen LogP contribution in [0.3, 0.4) is 0 Å². The maximum absolute atomic E-state index is 12.5. The summed E-state index contributed by atoms with van der Waals surface area (Å²) in [5, 5.41) is 3.01. The largest absolute Gasteiger partial charge is 0.451 e. The van der Waals surface area contributed by atoms with Crippen molar-refractivity contribution < 1.29 is 14.3 Å². The topological polar surface area (TPSA) is 99.4 Å². The average molecular weight is 391 g/mol. The van der Waals surface area contributed by atoms with Gasteiger partial charge in [-0.15, -0.1) is 0 Å². The van der Waals surface area contributed by atoms with Crippen LogP contribution in [0.25, 0.3) is 0 Å². The van der Waals surface area contributed by atoms with Crippen LogP contribution in [-0.4, -0.2) is 22.2 Å². The minimum Gasteiger partial charge on any atom is -0.451 e. The fourth-order valence-electron chi connectivity index (χ4n) is 3.15. The summed E-state index contributed by atoms with van der Waals surface area (Å²) in [6.45, 7) is 3.59. The van der Waals surface area contributed by atoms with E-state index in [1.54, 1.807) is 6.92 Å². The van der Waals surface area contributed by atoms with Crippen LogP contribution in [0.4, 0.5) is 5.95 Å². The van der Waals surface area contributed by atoms with Crippen molar-refractivity contribution in [3.63, 3.8) is 0 Å². The predicted octanol–water partition coefficient (Wildman–Crippen LogP) is 2.27. The maximum Gasteiger partial charge on any atom is 0.255 e. The number of ether oxygens (including phenoxy) is 2. The van der Waals surface area contributed by atoms with Crippen LogP contribution >= 0.6 is 15.9 Å². The lowest BCUT2D eigenvalue weighted by atomic mass is 9.94. The number of amides is 1. The molecule has 2 aliphatic rings. The number of carbonyl (C=O) groups is 1. The van der Waals surface area contributed by atoms with Crippen LogP contribution in [0.1, 0.15) is 40.3 Å². The second kappa shape index (κ2) is 5.34. The van der Waals surface area contributed by atoms with Gasteiger partial charge in [0.25, 0.3) is 5.91 Å². The fraction of sp³-hybridized carbons (Fsp3) is 0.312. The van der Waals surface area contributed by atoms with E-state index in [1.165, 1.54) is 0 Å². The van der Waals surface area contributed by atoms with Crippen LogP contribution in [0.5, 0.6) is 11.5 Å². The number of nitrogens with two attached hydrogens (primary N) is 1. The molecule has 3 heterocycles. The molecule has 1 amide bonds. The van der Waals surface area contributed by atoms with Crippen molar-refractivity contribution >= 4 is 27.8 Å². The molecule has 1 aromatic heterocycles. The summed E-state index contributed by atoms with van der Waals surface area (Å²) in [6, 6.07) is 3.50. The van der Waals surface area contributed by atoms with Gasteiger partial charge in [-0.1, -0.05) is 15.9 Å². The van der Waals surface area contributed by atoms with Crippen LogP contribution in [-0.2, 0) is 6.42 Å². The Hall–Kier alpha value is -2.35. The van der Waals surface area contributed by atoms with E-state index in [2.05, 4.69) is 31.2 Å². The predicted molar refractivity (Wildman–Crippen MR) is 90.0 cm³/mol. The molecule has 1 aromatic carbocycles. The third-order valence-electron chi connectivity index (χ3n) is 4.14. The van der Waals surface area contributed by atoms with Gasteiger partial charge in [-0.25, -0.2) is 9.97 Å². The Morgan fingerprint density at radius 1 is 1.29 bits per heavy atom. The zero-order valence-electron chi connectivity index (χ0n) is 13.1. The number of halogens is 1. The highest BCUT2D eigenvalue weighted by Gasteiger charge is 2.32. The van der Waals surface area contributed by atoms with Crippen LogP contribution in [0.2, 0.25) is 0 Å². The lowest BCUT2D eigenvalue weighted by molar-refractivity contribution is 0.0678. The SMILES string of the molecule is Cc1nc(N)nc2c1C(=O)N[C@@H](c1cc3c(cc1Br)OC(C)O3)C2. The third-order valence-corrected chi connectivity index (χ3v) is 4.82.